The van der Waals surface area contributed by atoms with Gasteiger partial charge in [0.05, 0.1) is 16.0 Å². The van der Waals surface area contributed by atoms with Gasteiger partial charge in [0.2, 0.25) is 5.16 Å². The van der Waals surface area contributed by atoms with Crippen LogP contribution >= 0.6 is 35.7 Å². The Hall–Kier alpha value is -2.60. The Morgan fingerprint density at radius 2 is 2.26 bits per heavy atom. The number of nitrogens with one attached hydrogen (secondary N) is 2. The average molecular weight is 544 g/mol. The number of carboxylic acid groups (broad SMARTS) is 1. The largest absolute Gasteiger partial charge is 0.477 e. The van der Waals surface area contributed by atoms with Crippen LogP contribution in [0.25, 0.3) is 0 Å². The number of fused-ring (bicyclic) bond motifs is 1. The number of rotatable bonds is 9. The molecule has 2 unspecified atom stereocenters. The van der Waals surface area contributed by atoms with Crippen LogP contribution < -0.4 is 5.32 Å². The summed E-state index contributed by atoms with van der Waals surface area (Å²) in [5.74, 6) is -2.56. The Bertz CT molecular complexity index is 1240. The normalized spacial score (nSPS) is 21.0. The van der Waals surface area contributed by atoms with E-state index in [9.17, 15) is 27.7 Å². The van der Waals surface area contributed by atoms with Crippen molar-refractivity contribution in [1.82, 2.24) is 35.8 Å². The molecule has 180 valence electrons. The van der Waals surface area contributed by atoms with E-state index >= 15 is 0 Å². The third kappa shape index (κ3) is 5.38. The van der Waals surface area contributed by atoms with Crippen molar-refractivity contribution >= 4 is 62.7 Å². The van der Waals surface area contributed by atoms with Gasteiger partial charge in [-0.05, 0) is 27.6 Å². The van der Waals surface area contributed by atoms with Crippen LogP contribution in [0.2, 0.25) is 0 Å². The van der Waals surface area contributed by atoms with E-state index in [1.807, 2.05) is 6.07 Å². The van der Waals surface area contributed by atoms with Crippen molar-refractivity contribution in [3.63, 3.8) is 0 Å². The molecule has 4 rings (SSSR count). The van der Waals surface area contributed by atoms with Crippen molar-refractivity contribution in [3.05, 3.63) is 41.4 Å². The first kappa shape index (κ1) is 24.5. The molecule has 17 heteroatoms. The second-order valence-electron chi connectivity index (χ2n) is 7.23. The van der Waals surface area contributed by atoms with E-state index in [1.54, 1.807) is 18.5 Å². The summed E-state index contributed by atoms with van der Waals surface area (Å²) in [6, 6.07) is 2.89. The maximum Gasteiger partial charge on any atom is 0.352 e. The number of β-lactam (4-membered cyclic amide) rings is 1. The third-order valence-corrected chi connectivity index (χ3v) is 8.60. The zero-order valence-corrected chi connectivity index (χ0v) is 20.3. The zero-order valence-electron chi connectivity index (χ0n) is 17.1. The van der Waals surface area contributed by atoms with Crippen molar-refractivity contribution in [1.29, 1.82) is 0 Å². The van der Waals surface area contributed by atoms with Gasteiger partial charge in [-0.25, -0.2) is 9.89 Å². The summed E-state index contributed by atoms with van der Waals surface area (Å²) < 4.78 is 32.7. The minimum Gasteiger partial charge on any atom is -0.477 e. The fraction of sp³-hybridized carbons (Fsp3) is 0.353. The van der Waals surface area contributed by atoms with Crippen LogP contribution in [0, 0.1) is 0 Å². The van der Waals surface area contributed by atoms with Crippen LogP contribution in [-0.4, -0.2) is 93.6 Å². The molecule has 4 heterocycles. The third-order valence-electron chi connectivity index (χ3n) is 4.93. The van der Waals surface area contributed by atoms with Crippen molar-refractivity contribution in [2.45, 2.75) is 28.2 Å². The van der Waals surface area contributed by atoms with E-state index in [4.69, 9.17) is 12.2 Å². The van der Waals surface area contributed by atoms with Crippen LogP contribution in [0.4, 0.5) is 0 Å². The fourth-order valence-corrected chi connectivity index (χ4v) is 7.51. The second-order valence-corrected chi connectivity index (χ2v) is 11.5. The van der Waals surface area contributed by atoms with E-state index in [-0.39, 0.29) is 22.2 Å². The minimum absolute atomic E-state index is 0.110. The SMILES string of the molecule is O=C(O)C1=C(C(CS(=O)(=O)O)Sc2nnn[nH]2)CS[C@H]2C(NC(=S)Cc3cccnc3)C(=O)N12. The standard InChI is InChI=1S/C17H17N7O6S4/c25-14-12(19-11(31)4-8-2-1-3-18-5-8)15-24(14)13(16(26)27)9(6-32-15)10(7-34(28,29)30)33-17-20-22-23-21-17/h1-3,5,10,12,15H,4,6-7H2,(H,19,31)(H,26,27)(H,28,29,30)(H,20,21,22,23)/t10?,12?,15-/m0/s1. The number of aromatic nitrogens is 5. The highest BCUT2D eigenvalue weighted by Crippen LogP contribution is 2.43. The lowest BCUT2D eigenvalue weighted by Crippen LogP contribution is -2.70. The van der Waals surface area contributed by atoms with Crippen LogP contribution in [0.15, 0.2) is 41.0 Å². The number of amides is 1. The number of H-pyrrole nitrogens is 1. The quantitative estimate of drug-likeness (QED) is 0.140. The van der Waals surface area contributed by atoms with E-state index in [2.05, 4.69) is 30.9 Å². The molecule has 2 aliphatic rings. The average Bonchev–Trinajstić information content (AvgIpc) is 3.28. The van der Waals surface area contributed by atoms with Crippen LogP contribution in [0.5, 0.6) is 0 Å². The summed E-state index contributed by atoms with van der Waals surface area (Å²) in [6.07, 6.45) is 3.66. The number of aliphatic carboxylic acids is 1. The van der Waals surface area contributed by atoms with Gasteiger partial charge in [-0.1, -0.05) is 30.0 Å². The van der Waals surface area contributed by atoms with Crippen LogP contribution in [0.1, 0.15) is 5.56 Å². The highest BCUT2D eigenvalue weighted by Gasteiger charge is 2.54. The van der Waals surface area contributed by atoms with Crippen LogP contribution in [0.3, 0.4) is 0 Å². The Morgan fingerprint density at radius 1 is 1.47 bits per heavy atom. The Kier molecular flexibility index (Phi) is 7.17. The maximum atomic E-state index is 12.9. The molecule has 34 heavy (non-hydrogen) atoms. The number of hydrogen-bond donors (Lipinski definition) is 4. The number of carbonyl (C=O) groups is 2. The van der Waals surface area contributed by atoms with Gasteiger partial charge >= 0.3 is 5.97 Å². The number of thioether (sulfide) groups is 2. The van der Waals surface area contributed by atoms with Crippen molar-refractivity contribution in [3.8, 4) is 0 Å². The Morgan fingerprint density at radius 3 is 2.88 bits per heavy atom. The lowest BCUT2D eigenvalue weighted by molar-refractivity contribution is -0.148. The molecular formula is C17H17N7O6S4. The second kappa shape index (κ2) is 9.95. The van der Waals surface area contributed by atoms with Gasteiger partial charge in [0, 0.05) is 24.6 Å². The molecule has 0 bridgehead atoms. The monoisotopic (exact) mass is 543 g/mol. The molecule has 0 radical (unpaired) electrons. The molecule has 0 saturated carbocycles. The van der Waals surface area contributed by atoms with E-state index in [0.29, 0.717) is 11.4 Å². The predicted octanol–water partition coefficient (Wildman–Crippen LogP) is -0.275. The number of hydrogen-bond acceptors (Lipinski definition) is 11. The first-order chi connectivity index (χ1) is 16.1. The maximum absolute atomic E-state index is 12.9. The highest BCUT2D eigenvalue weighted by molar-refractivity contribution is 8.01. The zero-order chi connectivity index (χ0) is 24.5. The number of nitrogens with zero attached hydrogens (tertiary/aromatic N) is 5. The molecule has 2 aliphatic heterocycles. The predicted molar refractivity (Wildman–Crippen MR) is 125 cm³/mol. The number of tetrazole rings is 1. The van der Waals surface area contributed by atoms with Crippen molar-refractivity contribution in [2.24, 2.45) is 0 Å². The smallest absolute Gasteiger partial charge is 0.352 e. The number of carboxylic acids is 1. The van der Waals surface area contributed by atoms with Gasteiger partial charge < -0.3 is 10.4 Å². The molecule has 1 fully saturated rings. The van der Waals surface area contributed by atoms with Crippen molar-refractivity contribution < 1.29 is 27.7 Å². The summed E-state index contributed by atoms with van der Waals surface area (Å²) in [7, 11) is -4.49. The summed E-state index contributed by atoms with van der Waals surface area (Å²) >= 11 is 7.47. The lowest BCUT2D eigenvalue weighted by atomic mass is 10.0. The molecule has 0 aliphatic carbocycles. The van der Waals surface area contributed by atoms with Gasteiger partial charge in [-0.3, -0.25) is 19.2 Å². The number of pyridine rings is 1. The lowest BCUT2D eigenvalue weighted by Gasteiger charge is -2.50. The van der Waals surface area contributed by atoms with E-state index in [1.165, 1.54) is 11.8 Å². The van der Waals surface area contributed by atoms with E-state index < -0.39 is 44.4 Å². The van der Waals surface area contributed by atoms with Crippen LogP contribution in [-0.2, 0) is 26.1 Å². The first-order valence-corrected chi connectivity index (χ1v) is 13.5. The number of aromatic amines is 1. The summed E-state index contributed by atoms with van der Waals surface area (Å²) in [6.45, 7) is 0. The Labute approximate surface area is 206 Å². The summed E-state index contributed by atoms with van der Waals surface area (Å²) in [5, 5.41) is 24.4. The van der Waals surface area contributed by atoms with Gasteiger partial charge in [0.15, 0.2) is 0 Å². The molecule has 2 aromatic heterocycles. The van der Waals surface area contributed by atoms with Crippen molar-refractivity contribution in [2.75, 3.05) is 11.5 Å². The molecule has 0 spiro atoms. The molecule has 0 aromatic carbocycles. The molecule has 4 N–H and O–H groups in total. The minimum atomic E-state index is -4.49. The first-order valence-electron chi connectivity index (χ1n) is 9.59. The highest BCUT2D eigenvalue weighted by atomic mass is 32.2. The molecule has 3 atom stereocenters. The molecule has 13 nitrogen and oxygen atoms in total. The topological polar surface area (TPSA) is 191 Å². The molecule has 1 amide bonds. The van der Waals surface area contributed by atoms with Gasteiger partial charge in [-0.15, -0.1) is 16.9 Å². The van der Waals surface area contributed by atoms with E-state index in [0.717, 1.165) is 22.2 Å². The molecular weight excluding hydrogens is 526 g/mol. The number of carbonyl (C=O) groups excluding carboxylic acids is 1. The summed E-state index contributed by atoms with van der Waals surface area (Å²) in [5.41, 5.74) is 0.705. The Balaban J connectivity index is 1.56. The van der Waals surface area contributed by atoms with Gasteiger partial charge in [0.1, 0.15) is 17.1 Å². The van der Waals surface area contributed by atoms with Gasteiger partial charge in [0.25, 0.3) is 16.0 Å². The summed E-state index contributed by atoms with van der Waals surface area (Å²) in [4.78, 5) is 30.6. The fourth-order valence-electron chi connectivity index (χ4n) is 3.53. The number of thiocarbonyl (C=S) groups is 1. The molecule has 1 saturated heterocycles. The van der Waals surface area contributed by atoms with Gasteiger partial charge in [-0.2, -0.15) is 8.42 Å². The molecule has 2 aromatic rings.